The normalized spacial score (nSPS) is 10.8. The second kappa shape index (κ2) is 5.11. The third-order valence-electron chi connectivity index (χ3n) is 3.00. The molecule has 0 aliphatic carbocycles. The lowest BCUT2D eigenvalue weighted by atomic mass is 10.1. The molecule has 0 bridgehead atoms. The third-order valence-corrected chi connectivity index (χ3v) is 4.01. The summed E-state index contributed by atoms with van der Waals surface area (Å²) >= 11 is 6.45. The topological polar surface area (TPSA) is 40.7 Å². The number of fused-ring (bicyclic) bond motifs is 1. The quantitative estimate of drug-likeness (QED) is 0.688. The molecule has 5 heteroatoms. The van der Waals surface area contributed by atoms with Gasteiger partial charge in [0.2, 0.25) is 5.13 Å². The molecule has 0 unspecified atom stereocenters. The number of nitrogens with zero attached hydrogens (tertiary/aromatic N) is 1. The van der Waals surface area contributed by atoms with E-state index in [-0.39, 0.29) is 0 Å². The Hall–Kier alpha value is -1.72. The SMILES string of the molecule is CCc1ccc2cc(Nc3n[nH]c(=S)s3)ccc2c1. The predicted molar refractivity (Wildman–Crippen MR) is 83.9 cm³/mol. The third kappa shape index (κ3) is 2.67. The van der Waals surface area contributed by atoms with E-state index in [0.717, 1.165) is 17.2 Å². The van der Waals surface area contributed by atoms with E-state index in [4.69, 9.17) is 12.2 Å². The molecule has 0 fully saturated rings. The first-order valence-electron chi connectivity index (χ1n) is 6.10. The molecule has 2 N–H and O–H groups in total. The average Bonchev–Trinajstić information content (AvgIpc) is 2.83. The summed E-state index contributed by atoms with van der Waals surface area (Å²) in [5, 5.41) is 13.4. The first-order chi connectivity index (χ1) is 9.24. The number of H-pyrrole nitrogens is 1. The molecule has 0 saturated heterocycles. The van der Waals surface area contributed by atoms with E-state index in [1.165, 1.54) is 27.7 Å². The molecule has 3 nitrogen and oxygen atoms in total. The van der Waals surface area contributed by atoms with Crippen LogP contribution in [-0.2, 0) is 6.42 Å². The Kier molecular flexibility index (Phi) is 3.31. The fraction of sp³-hybridized carbons (Fsp3) is 0.143. The van der Waals surface area contributed by atoms with Crippen molar-refractivity contribution in [3.8, 4) is 0 Å². The average molecular weight is 287 g/mol. The molecule has 0 aliphatic rings. The maximum atomic E-state index is 5.01. The van der Waals surface area contributed by atoms with Crippen LogP contribution in [0.4, 0.5) is 10.8 Å². The standard InChI is InChI=1S/C14H13N3S2/c1-2-9-3-4-11-8-12(6-5-10(11)7-9)15-13-16-17-14(18)19-13/h3-8H,2H2,1H3,(H,15,16)(H,17,18). The Morgan fingerprint density at radius 2 is 2.00 bits per heavy atom. The van der Waals surface area contributed by atoms with Gasteiger partial charge in [-0.2, -0.15) is 0 Å². The zero-order chi connectivity index (χ0) is 13.2. The highest BCUT2D eigenvalue weighted by molar-refractivity contribution is 7.73. The van der Waals surface area contributed by atoms with Gasteiger partial charge >= 0.3 is 0 Å². The highest BCUT2D eigenvalue weighted by atomic mass is 32.1. The highest BCUT2D eigenvalue weighted by Gasteiger charge is 2.01. The van der Waals surface area contributed by atoms with Crippen molar-refractivity contribution in [3.05, 3.63) is 45.9 Å². The van der Waals surface area contributed by atoms with E-state index in [1.54, 1.807) is 0 Å². The van der Waals surface area contributed by atoms with Gasteiger partial charge in [-0.3, -0.25) is 5.10 Å². The van der Waals surface area contributed by atoms with Gasteiger partial charge in [0.1, 0.15) is 0 Å². The van der Waals surface area contributed by atoms with Crippen molar-refractivity contribution in [2.24, 2.45) is 0 Å². The summed E-state index contributed by atoms with van der Waals surface area (Å²) in [7, 11) is 0. The summed E-state index contributed by atoms with van der Waals surface area (Å²) in [4.78, 5) is 0. The zero-order valence-corrected chi connectivity index (χ0v) is 12.1. The van der Waals surface area contributed by atoms with Crippen LogP contribution >= 0.6 is 23.6 Å². The summed E-state index contributed by atoms with van der Waals surface area (Å²) in [6.07, 6.45) is 1.06. The van der Waals surface area contributed by atoms with Crippen LogP contribution in [-0.4, -0.2) is 10.2 Å². The van der Waals surface area contributed by atoms with Gasteiger partial charge in [-0.25, -0.2) is 0 Å². The Balaban J connectivity index is 1.95. The minimum atomic E-state index is 0.677. The molecule has 0 atom stereocenters. The molecule has 0 saturated carbocycles. The number of aryl methyl sites for hydroxylation is 1. The van der Waals surface area contributed by atoms with Crippen LogP contribution in [0.5, 0.6) is 0 Å². The van der Waals surface area contributed by atoms with E-state index in [9.17, 15) is 0 Å². The molecule has 0 amide bonds. The van der Waals surface area contributed by atoms with Gasteiger partial charge in [-0.15, -0.1) is 5.10 Å². The number of nitrogens with one attached hydrogen (secondary N) is 2. The zero-order valence-electron chi connectivity index (χ0n) is 10.4. The summed E-state index contributed by atoms with van der Waals surface area (Å²) in [6.45, 7) is 2.17. The number of benzene rings is 2. The van der Waals surface area contributed by atoms with Crippen molar-refractivity contribution in [3.63, 3.8) is 0 Å². The molecule has 3 aromatic rings. The molecule has 0 aliphatic heterocycles. The van der Waals surface area contributed by atoms with Crippen molar-refractivity contribution in [1.82, 2.24) is 10.2 Å². The fourth-order valence-corrected chi connectivity index (χ4v) is 2.81. The van der Waals surface area contributed by atoms with Gasteiger partial charge in [-0.05, 0) is 47.1 Å². The Morgan fingerprint density at radius 1 is 1.21 bits per heavy atom. The minimum Gasteiger partial charge on any atom is -0.330 e. The molecule has 0 spiro atoms. The van der Waals surface area contributed by atoms with Crippen molar-refractivity contribution in [2.75, 3.05) is 5.32 Å². The number of hydrogen-bond donors (Lipinski definition) is 2. The fourth-order valence-electron chi connectivity index (χ4n) is 2.00. The molecular formula is C14H13N3S2. The maximum Gasteiger partial charge on any atom is 0.208 e. The number of anilines is 2. The van der Waals surface area contributed by atoms with Crippen molar-refractivity contribution in [1.29, 1.82) is 0 Å². The van der Waals surface area contributed by atoms with Crippen molar-refractivity contribution < 1.29 is 0 Å². The van der Waals surface area contributed by atoms with Crippen molar-refractivity contribution in [2.45, 2.75) is 13.3 Å². The van der Waals surface area contributed by atoms with Gasteiger partial charge in [0, 0.05) is 5.69 Å². The van der Waals surface area contributed by atoms with Gasteiger partial charge in [0.25, 0.3) is 0 Å². The van der Waals surface area contributed by atoms with Gasteiger partial charge in [0.05, 0.1) is 0 Å². The molecule has 19 heavy (non-hydrogen) atoms. The highest BCUT2D eigenvalue weighted by Crippen LogP contribution is 2.24. The molecule has 1 heterocycles. The van der Waals surface area contributed by atoms with Crippen LogP contribution < -0.4 is 5.32 Å². The van der Waals surface area contributed by atoms with Crippen LogP contribution in [0.15, 0.2) is 36.4 Å². The molecular weight excluding hydrogens is 274 g/mol. The van der Waals surface area contributed by atoms with E-state index < -0.39 is 0 Å². The Labute approximate surface area is 120 Å². The second-order valence-corrected chi connectivity index (χ2v) is 5.96. The van der Waals surface area contributed by atoms with E-state index in [0.29, 0.717) is 3.95 Å². The summed E-state index contributed by atoms with van der Waals surface area (Å²) in [5.41, 5.74) is 2.38. The minimum absolute atomic E-state index is 0.677. The summed E-state index contributed by atoms with van der Waals surface area (Å²) in [6, 6.07) is 12.9. The molecule has 0 radical (unpaired) electrons. The number of aromatic nitrogens is 2. The maximum absolute atomic E-state index is 5.01. The van der Waals surface area contributed by atoms with Crippen LogP contribution in [0.3, 0.4) is 0 Å². The van der Waals surface area contributed by atoms with Crippen molar-refractivity contribution >= 4 is 45.1 Å². The van der Waals surface area contributed by atoms with E-state index in [1.807, 2.05) is 0 Å². The lowest BCUT2D eigenvalue weighted by molar-refractivity contribution is 1.08. The van der Waals surface area contributed by atoms with E-state index >= 15 is 0 Å². The molecule has 96 valence electrons. The van der Waals surface area contributed by atoms with Crippen LogP contribution in [0.1, 0.15) is 12.5 Å². The lowest BCUT2D eigenvalue weighted by Crippen LogP contribution is -1.89. The summed E-state index contributed by atoms with van der Waals surface area (Å²) < 4.78 is 0.677. The number of aromatic amines is 1. The Bertz CT molecular complexity index is 773. The van der Waals surface area contributed by atoms with E-state index in [2.05, 4.69) is 58.8 Å². The number of rotatable bonds is 3. The second-order valence-electron chi connectivity index (χ2n) is 4.29. The molecule has 1 aromatic heterocycles. The van der Waals surface area contributed by atoms with Gasteiger partial charge in [0.15, 0.2) is 3.95 Å². The van der Waals surface area contributed by atoms with Crippen LogP contribution in [0.2, 0.25) is 0 Å². The Morgan fingerprint density at radius 3 is 2.74 bits per heavy atom. The van der Waals surface area contributed by atoms with Gasteiger partial charge < -0.3 is 5.32 Å². The largest absolute Gasteiger partial charge is 0.330 e. The summed E-state index contributed by atoms with van der Waals surface area (Å²) in [5.74, 6) is 0. The monoisotopic (exact) mass is 287 g/mol. The van der Waals surface area contributed by atoms with Crippen LogP contribution in [0, 0.1) is 3.95 Å². The first kappa shape index (κ1) is 12.3. The predicted octanol–water partition coefficient (Wildman–Crippen LogP) is 4.66. The van der Waals surface area contributed by atoms with Gasteiger partial charge in [-0.1, -0.05) is 42.5 Å². The number of hydrogen-bond acceptors (Lipinski definition) is 4. The molecule has 2 aromatic carbocycles. The lowest BCUT2D eigenvalue weighted by Gasteiger charge is -2.05. The molecule has 3 rings (SSSR count). The first-order valence-corrected chi connectivity index (χ1v) is 7.32. The smallest absolute Gasteiger partial charge is 0.208 e. The van der Waals surface area contributed by atoms with Crippen LogP contribution in [0.25, 0.3) is 10.8 Å².